The van der Waals surface area contributed by atoms with E-state index < -0.39 is 17.8 Å². The van der Waals surface area contributed by atoms with Crippen LogP contribution in [0, 0.1) is 11.8 Å². The summed E-state index contributed by atoms with van der Waals surface area (Å²) in [5, 5.41) is 9.20. The molecule has 0 bridgehead atoms. The highest BCUT2D eigenvalue weighted by Gasteiger charge is 2.39. The minimum Gasteiger partial charge on any atom is -0.481 e. The molecule has 1 heterocycles. The van der Waals surface area contributed by atoms with E-state index in [2.05, 4.69) is 0 Å². The third-order valence-corrected chi connectivity index (χ3v) is 4.17. The highest BCUT2D eigenvalue weighted by molar-refractivity contribution is 5.89. The van der Waals surface area contributed by atoms with E-state index in [9.17, 15) is 19.5 Å². The van der Waals surface area contributed by atoms with Crippen LogP contribution in [0.5, 0.6) is 0 Å². The van der Waals surface area contributed by atoms with Crippen molar-refractivity contribution in [2.45, 2.75) is 25.7 Å². The Morgan fingerprint density at radius 3 is 2.37 bits per heavy atom. The molecule has 106 valence electrons. The normalized spacial score (nSPS) is 28.4. The summed E-state index contributed by atoms with van der Waals surface area (Å²) in [4.78, 5) is 38.4. The van der Waals surface area contributed by atoms with Crippen LogP contribution in [0.1, 0.15) is 25.7 Å². The standard InChI is InChI=1S/C13H20N2O4/c1-14-6-7-15(8-11(14)16)12(17)9-4-2-3-5-10(9)13(18)19/h9-10H,2-8H2,1H3,(H,18,19)/t9-,10+/m1/s1. The Kier molecular flexibility index (Phi) is 4.07. The van der Waals surface area contributed by atoms with E-state index in [4.69, 9.17) is 0 Å². The van der Waals surface area contributed by atoms with Crippen LogP contribution in [0.2, 0.25) is 0 Å². The van der Waals surface area contributed by atoms with E-state index in [0.29, 0.717) is 25.9 Å². The number of amides is 2. The lowest BCUT2D eigenvalue weighted by molar-refractivity contribution is -0.155. The molecule has 1 N–H and O–H groups in total. The van der Waals surface area contributed by atoms with Gasteiger partial charge in [-0.15, -0.1) is 0 Å². The van der Waals surface area contributed by atoms with Gasteiger partial charge in [0, 0.05) is 20.1 Å². The fourth-order valence-electron chi connectivity index (χ4n) is 2.90. The number of carbonyl (C=O) groups excluding carboxylic acids is 2. The SMILES string of the molecule is CN1CCN(C(=O)[C@@H]2CCCC[C@@H]2C(=O)O)CC1=O. The van der Waals surface area contributed by atoms with Gasteiger partial charge in [-0.1, -0.05) is 12.8 Å². The van der Waals surface area contributed by atoms with Crippen molar-refractivity contribution in [3.8, 4) is 0 Å². The van der Waals surface area contributed by atoms with Gasteiger partial charge in [-0.3, -0.25) is 14.4 Å². The second-order valence-electron chi connectivity index (χ2n) is 5.41. The molecule has 2 amide bonds. The summed E-state index contributed by atoms with van der Waals surface area (Å²) in [6, 6.07) is 0. The average Bonchev–Trinajstić information content (AvgIpc) is 2.41. The molecule has 2 rings (SSSR count). The minimum absolute atomic E-state index is 0.0812. The summed E-state index contributed by atoms with van der Waals surface area (Å²) in [6.07, 6.45) is 2.94. The quantitative estimate of drug-likeness (QED) is 0.775. The molecule has 0 unspecified atom stereocenters. The predicted molar refractivity (Wildman–Crippen MR) is 67.3 cm³/mol. The van der Waals surface area contributed by atoms with E-state index in [1.54, 1.807) is 11.9 Å². The summed E-state index contributed by atoms with van der Waals surface area (Å²) in [5.74, 6) is -2.17. The van der Waals surface area contributed by atoms with Crippen LogP contribution in [-0.4, -0.2) is 59.4 Å². The second-order valence-corrected chi connectivity index (χ2v) is 5.41. The zero-order valence-electron chi connectivity index (χ0n) is 11.2. The van der Waals surface area contributed by atoms with Crippen molar-refractivity contribution in [1.82, 2.24) is 9.80 Å². The topological polar surface area (TPSA) is 77.9 Å². The maximum atomic E-state index is 12.4. The van der Waals surface area contributed by atoms with Crippen molar-refractivity contribution >= 4 is 17.8 Å². The number of hydrogen-bond acceptors (Lipinski definition) is 3. The number of carboxylic acid groups (broad SMARTS) is 1. The zero-order chi connectivity index (χ0) is 14.0. The van der Waals surface area contributed by atoms with Crippen molar-refractivity contribution < 1.29 is 19.5 Å². The van der Waals surface area contributed by atoms with E-state index in [-0.39, 0.29) is 18.4 Å². The van der Waals surface area contributed by atoms with E-state index >= 15 is 0 Å². The lowest BCUT2D eigenvalue weighted by Crippen LogP contribution is -2.53. The first-order valence-electron chi connectivity index (χ1n) is 6.76. The molecular weight excluding hydrogens is 248 g/mol. The van der Waals surface area contributed by atoms with Crippen molar-refractivity contribution in [3.05, 3.63) is 0 Å². The Bertz CT molecular complexity index is 396. The van der Waals surface area contributed by atoms with Gasteiger partial charge < -0.3 is 14.9 Å². The van der Waals surface area contributed by atoms with E-state index in [1.807, 2.05) is 0 Å². The molecule has 19 heavy (non-hydrogen) atoms. The van der Waals surface area contributed by atoms with Crippen molar-refractivity contribution in [3.63, 3.8) is 0 Å². The van der Waals surface area contributed by atoms with Crippen LogP contribution in [0.25, 0.3) is 0 Å². The third kappa shape index (κ3) is 2.88. The zero-order valence-corrected chi connectivity index (χ0v) is 11.2. The Hall–Kier alpha value is -1.59. The highest BCUT2D eigenvalue weighted by atomic mass is 16.4. The first-order chi connectivity index (χ1) is 9.00. The third-order valence-electron chi connectivity index (χ3n) is 4.17. The molecule has 2 aliphatic rings. The van der Waals surface area contributed by atoms with Gasteiger partial charge in [-0.25, -0.2) is 0 Å². The van der Waals surface area contributed by atoms with Crippen molar-refractivity contribution in [2.24, 2.45) is 11.8 Å². The van der Waals surface area contributed by atoms with E-state index in [0.717, 1.165) is 12.8 Å². The molecule has 0 spiro atoms. The number of hydrogen-bond donors (Lipinski definition) is 1. The molecule has 0 radical (unpaired) electrons. The monoisotopic (exact) mass is 268 g/mol. The number of piperazine rings is 1. The molecule has 2 atom stereocenters. The van der Waals surface area contributed by atoms with Crippen LogP contribution in [0.15, 0.2) is 0 Å². The summed E-state index contributed by atoms with van der Waals surface area (Å²) in [5.41, 5.74) is 0. The number of rotatable bonds is 2. The predicted octanol–water partition coefficient (Wildman–Crippen LogP) is 0.178. The Morgan fingerprint density at radius 1 is 1.16 bits per heavy atom. The largest absolute Gasteiger partial charge is 0.481 e. The maximum Gasteiger partial charge on any atom is 0.307 e. The summed E-state index contributed by atoms with van der Waals surface area (Å²) in [6.45, 7) is 1.11. The molecule has 0 aromatic rings. The lowest BCUT2D eigenvalue weighted by atomic mass is 9.78. The smallest absolute Gasteiger partial charge is 0.307 e. The second kappa shape index (κ2) is 5.59. The highest BCUT2D eigenvalue weighted by Crippen LogP contribution is 2.32. The van der Waals surface area contributed by atoms with Gasteiger partial charge in [0.15, 0.2) is 0 Å². The Balaban J connectivity index is 2.05. The average molecular weight is 268 g/mol. The Labute approximate surface area is 112 Å². The molecule has 6 nitrogen and oxygen atoms in total. The first kappa shape index (κ1) is 13.8. The lowest BCUT2D eigenvalue weighted by Gasteiger charge is -2.36. The van der Waals surface area contributed by atoms with Crippen molar-refractivity contribution in [1.29, 1.82) is 0 Å². The number of likely N-dealkylation sites (N-methyl/N-ethyl adjacent to an activating group) is 1. The molecular formula is C13H20N2O4. The van der Waals surface area contributed by atoms with Gasteiger partial charge in [0.25, 0.3) is 0 Å². The number of carboxylic acids is 1. The van der Waals surface area contributed by atoms with E-state index in [1.165, 1.54) is 4.90 Å². The molecule has 0 aromatic heterocycles. The number of nitrogens with zero attached hydrogens (tertiary/aromatic N) is 2. The van der Waals surface area contributed by atoms with Crippen LogP contribution < -0.4 is 0 Å². The molecule has 2 fully saturated rings. The van der Waals surface area contributed by atoms with Crippen LogP contribution in [-0.2, 0) is 14.4 Å². The molecule has 0 aromatic carbocycles. The molecule has 6 heteroatoms. The molecule has 1 saturated carbocycles. The fraction of sp³-hybridized carbons (Fsp3) is 0.769. The van der Waals surface area contributed by atoms with Gasteiger partial charge in [-0.2, -0.15) is 0 Å². The molecule has 1 aliphatic heterocycles. The van der Waals surface area contributed by atoms with Gasteiger partial charge >= 0.3 is 5.97 Å². The van der Waals surface area contributed by atoms with Gasteiger partial charge in [0.05, 0.1) is 18.4 Å². The minimum atomic E-state index is -0.890. The first-order valence-corrected chi connectivity index (χ1v) is 6.76. The van der Waals surface area contributed by atoms with Crippen LogP contribution >= 0.6 is 0 Å². The van der Waals surface area contributed by atoms with Gasteiger partial charge in [0.2, 0.25) is 11.8 Å². The van der Waals surface area contributed by atoms with Crippen LogP contribution in [0.4, 0.5) is 0 Å². The summed E-state index contributed by atoms with van der Waals surface area (Å²) < 4.78 is 0. The van der Waals surface area contributed by atoms with Crippen LogP contribution in [0.3, 0.4) is 0 Å². The van der Waals surface area contributed by atoms with Gasteiger partial charge in [0.1, 0.15) is 0 Å². The summed E-state index contributed by atoms with van der Waals surface area (Å²) >= 11 is 0. The number of aliphatic carboxylic acids is 1. The Morgan fingerprint density at radius 2 is 1.79 bits per heavy atom. The molecule has 1 saturated heterocycles. The number of carbonyl (C=O) groups is 3. The maximum absolute atomic E-state index is 12.4. The van der Waals surface area contributed by atoms with Gasteiger partial charge in [-0.05, 0) is 12.8 Å². The summed E-state index contributed by atoms with van der Waals surface area (Å²) in [7, 11) is 1.71. The molecule has 1 aliphatic carbocycles. The fourth-order valence-corrected chi connectivity index (χ4v) is 2.90. The van der Waals surface area contributed by atoms with Crippen molar-refractivity contribution in [2.75, 3.05) is 26.7 Å².